The van der Waals surface area contributed by atoms with E-state index in [2.05, 4.69) is 32.6 Å². The van der Waals surface area contributed by atoms with Crippen LogP contribution in [0.25, 0.3) is 10.8 Å². The van der Waals surface area contributed by atoms with Gasteiger partial charge in [0.15, 0.2) is 0 Å². The summed E-state index contributed by atoms with van der Waals surface area (Å²) in [5, 5.41) is 12.3. The van der Waals surface area contributed by atoms with Gasteiger partial charge in [0.25, 0.3) is 5.56 Å². The van der Waals surface area contributed by atoms with Gasteiger partial charge in [0.2, 0.25) is 0 Å². The molecular weight excluding hydrogens is 332 g/mol. The van der Waals surface area contributed by atoms with E-state index < -0.39 is 0 Å². The minimum atomic E-state index is -0.163. The minimum Gasteiger partial charge on any atom is -0.377 e. The lowest BCUT2D eigenvalue weighted by molar-refractivity contribution is 0.646. The third kappa shape index (κ3) is 2.18. The zero-order valence-electron chi connectivity index (χ0n) is 13.1. The van der Waals surface area contributed by atoms with Crippen molar-refractivity contribution in [1.29, 1.82) is 0 Å². The molecule has 25 heavy (non-hydrogen) atoms. The van der Waals surface area contributed by atoms with Gasteiger partial charge in [-0.1, -0.05) is 36.4 Å². The van der Waals surface area contributed by atoms with Crippen LogP contribution in [0, 0.1) is 0 Å². The van der Waals surface area contributed by atoms with Crippen LogP contribution >= 0.6 is 11.3 Å². The van der Waals surface area contributed by atoms with Crippen LogP contribution in [-0.2, 0) is 0 Å². The molecule has 0 fully saturated rings. The highest BCUT2D eigenvalue weighted by Gasteiger charge is 2.35. The van der Waals surface area contributed by atoms with E-state index in [4.69, 9.17) is 0 Å². The third-order valence-corrected chi connectivity index (χ3v) is 5.56. The van der Waals surface area contributed by atoms with Gasteiger partial charge in [-0.2, -0.15) is 5.10 Å². The molecule has 0 amide bonds. The molecule has 2 atom stereocenters. The average Bonchev–Trinajstić information content (AvgIpc) is 3.19. The van der Waals surface area contributed by atoms with E-state index in [-0.39, 0.29) is 17.5 Å². The van der Waals surface area contributed by atoms with Gasteiger partial charge in [-0.25, -0.2) is 5.10 Å². The van der Waals surface area contributed by atoms with Crippen molar-refractivity contribution in [2.75, 3.05) is 5.32 Å². The topological polar surface area (TPSA) is 70.7 Å². The van der Waals surface area contributed by atoms with Crippen LogP contribution in [0.2, 0.25) is 0 Å². The number of nitrogens with one attached hydrogen (secondary N) is 2. The second-order valence-electron chi connectivity index (χ2n) is 6.08. The maximum Gasteiger partial charge on any atom is 0.272 e. The number of H-pyrrole nitrogens is 1. The van der Waals surface area contributed by atoms with E-state index in [1.165, 1.54) is 5.56 Å². The van der Waals surface area contributed by atoms with Gasteiger partial charge in [0.1, 0.15) is 0 Å². The number of hydrogen-bond donors (Lipinski definition) is 2. The van der Waals surface area contributed by atoms with Crippen molar-refractivity contribution in [3.8, 4) is 0 Å². The number of anilines is 1. The van der Waals surface area contributed by atoms with Crippen molar-refractivity contribution in [3.05, 3.63) is 86.7 Å². The Morgan fingerprint density at radius 1 is 1.04 bits per heavy atom. The van der Waals surface area contributed by atoms with Crippen LogP contribution < -0.4 is 10.9 Å². The minimum absolute atomic E-state index is 0.0100. The zero-order valence-corrected chi connectivity index (χ0v) is 14.0. The van der Waals surface area contributed by atoms with E-state index in [0.717, 1.165) is 21.6 Å². The summed E-state index contributed by atoms with van der Waals surface area (Å²) in [6.07, 6.45) is 1.89. The van der Waals surface area contributed by atoms with Crippen molar-refractivity contribution >= 4 is 27.8 Å². The number of aromatic amines is 1. The SMILES string of the molecule is O=c1[nH]nc2c3c(cccc13)NC(c1ccccc1)C2c1cncs1. The number of nitrogens with zero attached hydrogens (tertiary/aromatic N) is 2. The van der Waals surface area contributed by atoms with E-state index >= 15 is 0 Å². The van der Waals surface area contributed by atoms with Crippen LogP contribution in [0.3, 0.4) is 0 Å². The lowest BCUT2D eigenvalue weighted by Gasteiger charge is -2.33. The fourth-order valence-corrected chi connectivity index (χ4v) is 4.37. The third-order valence-electron chi connectivity index (χ3n) is 4.70. The van der Waals surface area contributed by atoms with E-state index in [9.17, 15) is 4.79 Å². The first-order chi connectivity index (χ1) is 12.3. The highest BCUT2D eigenvalue weighted by atomic mass is 32.1. The van der Waals surface area contributed by atoms with Gasteiger partial charge in [0, 0.05) is 22.1 Å². The van der Waals surface area contributed by atoms with E-state index in [0.29, 0.717) is 5.39 Å². The molecule has 3 heterocycles. The molecule has 0 bridgehead atoms. The summed E-state index contributed by atoms with van der Waals surface area (Å²) in [4.78, 5) is 17.6. The molecule has 0 saturated heterocycles. The van der Waals surface area contributed by atoms with E-state index in [1.54, 1.807) is 11.3 Å². The Kier molecular flexibility index (Phi) is 3.18. The maximum atomic E-state index is 12.2. The normalized spacial score (nSPS) is 18.9. The van der Waals surface area contributed by atoms with Crippen molar-refractivity contribution in [1.82, 2.24) is 15.2 Å². The molecule has 4 aromatic rings. The average molecular weight is 346 g/mol. The maximum absolute atomic E-state index is 12.2. The zero-order chi connectivity index (χ0) is 16.8. The molecule has 122 valence electrons. The Labute approximate surface area is 147 Å². The first-order valence-electron chi connectivity index (χ1n) is 8.04. The molecule has 1 aliphatic rings. The summed E-state index contributed by atoms with van der Waals surface area (Å²) in [6.45, 7) is 0. The molecular formula is C19H14N4OS. The first kappa shape index (κ1) is 14.4. The summed E-state index contributed by atoms with van der Waals surface area (Å²) in [5.41, 5.74) is 4.68. The van der Waals surface area contributed by atoms with Gasteiger partial charge < -0.3 is 5.32 Å². The number of benzene rings is 2. The van der Waals surface area contributed by atoms with E-state index in [1.807, 2.05) is 48.1 Å². The second-order valence-corrected chi connectivity index (χ2v) is 7.00. The lowest BCUT2D eigenvalue weighted by Crippen LogP contribution is -2.27. The van der Waals surface area contributed by atoms with Gasteiger partial charge in [-0.3, -0.25) is 9.78 Å². The van der Waals surface area contributed by atoms with Crippen LogP contribution in [0.4, 0.5) is 5.69 Å². The molecule has 0 radical (unpaired) electrons. The molecule has 0 spiro atoms. The van der Waals surface area contributed by atoms with Crippen LogP contribution in [0.15, 0.2) is 65.0 Å². The van der Waals surface area contributed by atoms with Gasteiger partial charge >= 0.3 is 0 Å². The van der Waals surface area contributed by atoms with Gasteiger partial charge in [-0.15, -0.1) is 11.3 Å². The van der Waals surface area contributed by atoms with Crippen LogP contribution in [-0.4, -0.2) is 15.2 Å². The molecule has 2 unspecified atom stereocenters. The molecule has 2 N–H and O–H groups in total. The first-order valence-corrected chi connectivity index (χ1v) is 8.92. The Morgan fingerprint density at radius 3 is 2.72 bits per heavy atom. The Balaban J connectivity index is 1.82. The van der Waals surface area contributed by atoms with Crippen molar-refractivity contribution in [2.24, 2.45) is 0 Å². The molecule has 2 aromatic heterocycles. The van der Waals surface area contributed by atoms with Crippen molar-refractivity contribution in [2.45, 2.75) is 12.0 Å². The van der Waals surface area contributed by atoms with Gasteiger partial charge in [-0.05, 0) is 17.7 Å². The second kappa shape index (κ2) is 5.53. The number of rotatable bonds is 2. The molecule has 0 saturated carbocycles. The quantitative estimate of drug-likeness (QED) is 0.581. The van der Waals surface area contributed by atoms with Crippen molar-refractivity contribution < 1.29 is 0 Å². The predicted molar refractivity (Wildman–Crippen MR) is 99.1 cm³/mol. The molecule has 1 aliphatic heterocycles. The Bertz CT molecular complexity index is 1110. The van der Waals surface area contributed by atoms with Gasteiger partial charge in [0.05, 0.1) is 28.6 Å². The summed E-state index contributed by atoms with van der Waals surface area (Å²) in [6, 6.07) is 16.1. The molecule has 5 nitrogen and oxygen atoms in total. The summed E-state index contributed by atoms with van der Waals surface area (Å²) in [7, 11) is 0. The number of hydrogen-bond acceptors (Lipinski definition) is 5. The Morgan fingerprint density at radius 2 is 1.92 bits per heavy atom. The van der Waals surface area contributed by atoms with Crippen molar-refractivity contribution in [3.63, 3.8) is 0 Å². The number of aromatic nitrogens is 3. The fourth-order valence-electron chi connectivity index (χ4n) is 3.61. The lowest BCUT2D eigenvalue weighted by atomic mass is 9.83. The molecule has 5 rings (SSSR count). The summed E-state index contributed by atoms with van der Waals surface area (Å²) in [5.74, 6) is -0.0100. The van der Waals surface area contributed by atoms with Crippen LogP contribution in [0.5, 0.6) is 0 Å². The molecule has 2 aromatic carbocycles. The highest BCUT2D eigenvalue weighted by molar-refractivity contribution is 7.09. The molecule has 0 aliphatic carbocycles. The Hall–Kier alpha value is -2.99. The van der Waals surface area contributed by atoms with Crippen LogP contribution in [0.1, 0.15) is 28.1 Å². The predicted octanol–water partition coefficient (Wildman–Crippen LogP) is 3.68. The summed E-state index contributed by atoms with van der Waals surface area (Å²) >= 11 is 1.61. The summed E-state index contributed by atoms with van der Waals surface area (Å²) < 4.78 is 0. The fraction of sp³-hybridized carbons (Fsp3) is 0.105. The smallest absolute Gasteiger partial charge is 0.272 e. The number of thiazole rings is 1. The monoisotopic (exact) mass is 346 g/mol. The highest BCUT2D eigenvalue weighted by Crippen LogP contribution is 2.46. The molecule has 6 heteroatoms. The largest absolute Gasteiger partial charge is 0.377 e. The standard InChI is InChI=1S/C19H14N4OS/c24-19-12-7-4-8-13-15(12)18(22-23-19)16(14-9-20-10-25-14)17(21-13)11-5-2-1-3-6-11/h1-10,16-17,21H,(H,23,24).